The Balaban J connectivity index is 1.58. The lowest BCUT2D eigenvalue weighted by Gasteiger charge is -2.29. The standard InChI is InChI=1S/C18H26N2O2S/c1-14(21)17-8-7-16(23-17)6-4-2-3-5-11-20-12-9-15(10-13-20)18(19)22/h3,5,7-8,15H,2,4,6,9-13H2,1H3,(H2,19,22)/b5-3+. The second kappa shape index (κ2) is 8.99. The highest BCUT2D eigenvalue weighted by atomic mass is 32.1. The average molecular weight is 334 g/mol. The lowest BCUT2D eigenvalue weighted by molar-refractivity contribution is -0.123. The highest BCUT2D eigenvalue weighted by Gasteiger charge is 2.21. The van der Waals surface area contributed by atoms with Crippen molar-refractivity contribution in [3.8, 4) is 0 Å². The van der Waals surface area contributed by atoms with Gasteiger partial charge in [0.1, 0.15) is 0 Å². The Hall–Kier alpha value is -1.46. The molecule has 4 nitrogen and oxygen atoms in total. The molecule has 1 aromatic rings. The zero-order chi connectivity index (χ0) is 16.7. The summed E-state index contributed by atoms with van der Waals surface area (Å²) in [5.74, 6) is 0.0730. The minimum atomic E-state index is -0.151. The number of primary amides is 1. The number of thiophene rings is 1. The third-order valence-corrected chi connectivity index (χ3v) is 5.57. The van der Waals surface area contributed by atoms with Crippen LogP contribution in [0.2, 0.25) is 0 Å². The van der Waals surface area contributed by atoms with Gasteiger partial charge >= 0.3 is 0 Å². The van der Waals surface area contributed by atoms with Crippen molar-refractivity contribution < 1.29 is 9.59 Å². The van der Waals surface area contributed by atoms with Gasteiger partial charge in [-0.05, 0) is 64.3 Å². The molecule has 1 amide bonds. The van der Waals surface area contributed by atoms with Crippen LogP contribution in [0, 0.1) is 5.92 Å². The predicted molar refractivity (Wildman–Crippen MR) is 94.8 cm³/mol. The summed E-state index contributed by atoms with van der Waals surface area (Å²) < 4.78 is 0. The van der Waals surface area contributed by atoms with E-state index in [-0.39, 0.29) is 17.6 Å². The number of piperidine rings is 1. The van der Waals surface area contributed by atoms with Gasteiger partial charge in [-0.2, -0.15) is 0 Å². The van der Waals surface area contributed by atoms with E-state index in [2.05, 4.69) is 23.1 Å². The zero-order valence-electron chi connectivity index (χ0n) is 13.8. The summed E-state index contributed by atoms with van der Waals surface area (Å²) in [6, 6.07) is 3.99. The first-order chi connectivity index (χ1) is 11.1. The molecular formula is C18H26N2O2S. The minimum absolute atomic E-state index is 0.0703. The van der Waals surface area contributed by atoms with E-state index in [1.165, 1.54) is 4.88 Å². The van der Waals surface area contributed by atoms with Crippen molar-refractivity contribution >= 4 is 23.0 Å². The summed E-state index contributed by atoms with van der Waals surface area (Å²) in [5, 5.41) is 0. The largest absolute Gasteiger partial charge is 0.369 e. The average Bonchev–Trinajstić information content (AvgIpc) is 3.00. The van der Waals surface area contributed by atoms with Gasteiger partial charge in [0.05, 0.1) is 4.88 Å². The number of ketones is 1. The monoisotopic (exact) mass is 334 g/mol. The molecule has 1 fully saturated rings. The molecule has 2 heterocycles. The Kier molecular flexibility index (Phi) is 6.99. The van der Waals surface area contributed by atoms with Crippen molar-refractivity contribution in [2.75, 3.05) is 19.6 Å². The Morgan fingerprint density at radius 1 is 1.30 bits per heavy atom. The van der Waals surface area contributed by atoms with E-state index in [0.717, 1.165) is 56.6 Å². The zero-order valence-corrected chi connectivity index (χ0v) is 14.6. The molecule has 0 saturated carbocycles. The Bertz CT molecular complexity index is 557. The van der Waals surface area contributed by atoms with Gasteiger partial charge < -0.3 is 5.73 Å². The fourth-order valence-corrected chi connectivity index (χ4v) is 3.78. The molecule has 0 aliphatic carbocycles. The van der Waals surface area contributed by atoms with Crippen molar-refractivity contribution in [1.29, 1.82) is 0 Å². The maximum Gasteiger partial charge on any atom is 0.220 e. The molecule has 0 aromatic carbocycles. The second-order valence-electron chi connectivity index (χ2n) is 6.16. The van der Waals surface area contributed by atoms with E-state index in [0.29, 0.717) is 0 Å². The van der Waals surface area contributed by atoms with Crippen LogP contribution in [0.3, 0.4) is 0 Å². The maximum absolute atomic E-state index is 11.3. The van der Waals surface area contributed by atoms with Crippen molar-refractivity contribution in [3.63, 3.8) is 0 Å². The number of hydrogen-bond donors (Lipinski definition) is 1. The van der Waals surface area contributed by atoms with E-state index in [9.17, 15) is 9.59 Å². The quantitative estimate of drug-likeness (QED) is 0.451. The van der Waals surface area contributed by atoms with Crippen molar-refractivity contribution in [2.24, 2.45) is 11.7 Å². The number of likely N-dealkylation sites (tertiary alicyclic amines) is 1. The van der Waals surface area contributed by atoms with Crippen LogP contribution >= 0.6 is 11.3 Å². The summed E-state index contributed by atoms with van der Waals surface area (Å²) in [4.78, 5) is 26.9. The minimum Gasteiger partial charge on any atom is -0.369 e. The van der Waals surface area contributed by atoms with Crippen LogP contribution in [0.5, 0.6) is 0 Å². The third kappa shape index (κ3) is 5.92. The summed E-state index contributed by atoms with van der Waals surface area (Å²) in [7, 11) is 0. The number of carbonyl (C=O) groups is 2. The number of hydrogen-bond acceptors (Lipinski definition) is 4. The van der Waals surface area contributed by atoms with Crippen LogP contribution in [-0.2, 0) is 11.2 Å². The van der Waals surface area contributed by atoms with Crippen LogP contribution < -0.4 is 5.73 Å². The van der Waals surface area contributed by atoms with E-state index >= 15 is 0 Å². The van der Waals surface area contributed by atoms with Gasteiger partial charge in [-0.1, -0.05) is 12.2 Å². The number of Topliss-reactive ketones (excluding diaryl/α,β-unsaturated/α-hetero) is 1. The van der Waals surface area contributed by atoms with E-state index in [1.54, 1.807) is 18.3 Å². The van der Waals surface area contributed by atoms with Gasteiger partial charge in [0.2, 0.25) is 5.91 Å². The molecule has 0 radical (unpaired) electrons. The summed E-state index contributed by atoms with van der Waals surface area (Å²) in [6.07, 6.45) is 9.44. The van der Waals surface area contributed by atoms with Gasteiger partial charge in [0.25, 0.3) is 0 Å². The Morgan fingerprint density at radius 2 is 2.04 bits per heavy atom. The first-order valence-electron chi connectivity index (χ1n) is 8.32. The maximum atomic E-state index is 11.3. The summed E-state index contributed by atoms with van der Waals surface area (Å²) in [6.45, 7) is 4.49. The Morgan fingerprint density at radius 3 is 2.65 bits per heavy atom. The molecule has 0 spiro atoms. The highest BCUT2D eigenvalue weighted by molar-refractivity contribution is 7.14. The molecule has 1 aliphatic rings. The summed E-state index contributed by atoms with van der Waals surface area (Å²) >= 11 is 1.61. The van der Waals surface area contributed by atoms with Crippen molar-refractivity contribution in [1.82, 2.24) is 4.90 Å². The van der Waals surface area contributed by atoms with Crippen LogP contribution in [0.15, 0.2) is 24.3 Å². The second-order valence-corrected chi connectivity index (χ2v) is 7.33. The predicted octanol–water partition coefficient (Wildman–Crippen LogP) is 3.03. The summed E-state index contributed by atoms with van der Waals surface area (Å²) in [5.41, 5.74) is 5.34. The molecule has 2 rings (SSSR count). The third-order valence-electron chi connectivity index (χ3n) is 4.32. The number of carbonyl (C=O) groups excluding carboxylic acids is 2. The van der Waals surface area contributed by atoms with Crippen LogP contribution in [-0.4, -0.2) is 36.2 Å². The molecular weight excluding hydrogens is 308 g/mol. The number of aryl methyl sites for hydroxylation is 1. The van der Waals surface area contributed by atoms with Crippen LogP contribution in [0.1, 0.15) is 47.2 Å². The lowest BCUT2D eigenvalue weighted by Crippen LogP contribution is -2.38. The lowest BCUT2D eigenvalue weighted by atomic mass is 9.96. The van der Waals surface area contributed by atoms with Crippen LogP contribution in [0.25, 0.3) is 0 Å². The number of unbranched alkanes of at least 4 members (excludes halogenated alkanes) is 1. The number of rotatable bonds is 8. The molecule has 1 aromatic heterocycles. The SMILES string of the molecule is CC(=O)c1ccc(CCC/C=C/CN2CCC(C(N)=O)CC2)s1. The molecule has 0 unspecified atom stereocenters. The smallest absolute Gasteiger partial charge is 0.220 e. The highest BCUT2D eigenvalue weighted by Crippen LogP contribution is 2.19. The first-order valence-corrected chi connectivity index (χ1v) is 9.14. The molecule has 1 saturated heterocycles. The van der Waals surface area contributed by atoms with Gasteiger partial charge in [-0.25, -0.2) is 0 Å². The number of allylic oxidation sites excluding steroid dienone is 1. The molecule has 1 aliphatic heterocycles. The fraction of sp³-hybridized carbons (Fsp3) is 0.556. The number of amides is 1. The number of nitrogens with zero attached hydrogens (tertiary/aromatic N) is 1. The topological polar surface area (TPSA) is 63.4 Å². The number of nitrogens with two attached hydrogens (primary N) is 1. The van der Waals surface area contributed by atoms with Gasteiger partial charge in [-0.15, -0.1) is 11.3 Å². The molecule has 126 valence electrons. The molecule has 0 bridgehead atoms. The molecule has 23 heavy (non-hydrogen) atoms. The molecule has 2 N–H and O–H groups in total. The fourth-order valence-electron chi connectivity index (χ4n) is 2.84. The van der Waals surface area contributed by atoms with Crippen molar-refractivity contribution in [2.45, 2.75) is 39.0 Å². The molecule has 0 atom stereocenters. The van der Waals surface area contributed by atoms with E-state index in [1.807, 2.05) is 6.07 Å². The van der Waals surface area contributed by atoms with E-state index < -0.39 is 0 Å². The van der Waals surface area contributed by atoms with Gasteiger partial charge in [-0.3, -0.25) is 14.5 Å². The van der Waals surface area contributed by atoms with E-state index in [4.69, 9.17) is 5.73 Å². The normalized spacial score (nSPS) is 16.9. The van der Waals surface area contributed by atoms with Gasteiger partial charge in [0.15, 0.2) is 5.78 Å². The Labute approximate surface area is 142 Å². The van der Waals surface area contributed by atoms with Gasteiger partial charge in [0, 0.05) is 17.3 Å². The first kappa shape index (κ1) is 17.9. The molecule has 5 heteroatoms. The van der Waals surface area contributed by atoms with Crippen molar-refractivity contribution in [3.05, 3.63) is 34.0 Å². The van der Waals surface area contributed by atoms with Crippen LogP contribution in [0.4, 0.5) is 0 Å².